The molecule has 126 valence electrons. The largest absolute Gasteiger partial charge is 0.481 e. The zero-order valence-electron chi connectivity index (χ0n) is 13.9. The van der Waals surface area contributed by atoms with E-state index in [9.17, 15) is 9.18 Å². The highest BCUT2D eigenvalue weighted by molar-refractivity contribution is 5.99. The number of pyridine rings is 1. The zero-order valence-corrected chi connectivity index (χ0v) is 13.9. The third-order valence-corrected chi connectivity index (χ3v) is 4.81. The number of hydrogen-bond acceptors (Lipinski definition) is 3. The highest BCUT2D eigenvalue weighted by Gasteiger charge is 2.42. The Hall–Kier alpha value is -2.43. The lowest BCUT2D eigenvalue weighted by atomic mass is 9.78. The number of nitrogens with zero attached hydrogens (tertiary/aromatic N) is 1. The highest BCUT2D eigenvalue weighted by Crippen LogP contribution is 2.42. The van der Waals surface area contributed by atoms with Crippen molar-refractivity contribution < 1.29 is 13.9 Å². The van der Waals surface area contributed by atoms with E-state index in [1.165, 1.54) is 12.1 Å². The molecule has 0 spiro atoms. The van der Waals surface area contributed by atoms with Crippen molar-refractivity contribution in [3.05, 3.63) is 53.5 Å². The van der Waals surface area contributed by atoms with Gasteiger partial charge in [0, 0.05) is 6.07 Å². The van der Waals surface area contributed by atoms with Crippen LogP contribution in [0.2, 0.25) is 0 Å². The van der Waals surface area contributed by atoms with Gasteiger partial charge in [0.15, 0.2) is 0 Å². The molecule has 3 rings (SSSR count). The number of amides is 1. The van der Waals surface area contributed by atoms with Gasteiger partial charge in [0.05, 0.1) is 23.9 Å². The average Bonchev–Trinajstić information content (AvgIpc) is 3.08. The van der Waals surface area contributed by atoms with Crippen LogP contribution in [0.5, 0.6) is 5.88 Å². The molecule has 2 aromatic rings. The number of benzene rings is 1. The summed E-state index contributed by atoms with van der Waals surface area (Å²) in [4.78, 5) is 17.4. The van der Waals surface area contributed by atoms with E-state index in [0.717, 1.165) is 31.2 Å². The van der Waals surface area contributed by atoms with Gasteiger partial charge < -0.3 is 10.1 Å². The van der Waals surface area contributed by atoms with E-state index in [1.54, 1.807) is 31.4 Å². The van der Waals surface area contributed by atoms with Gasteiger partial charge in [-0.15, -0.1) is 0 Å². The van der Waals surface area contributed by atoms with Gasteiger partial charge in [0.2, 0.25) is 11.8 Å². The first kappa shape index (κ1) is 16.4. The molecule has 1 N–H and O–H groups in total. The first-order valence-electron chi connectivity index (χ1n) is 8.14. The van der Waals surface area contributed by atoms with E-state index >= 15 is 0 Å². The van der Waals surface area contributed by atoms with Crippen molar-refractivity contribution in [1.29, 1.82) is 0 Å². The smallest absolute Gasteiger partial charge is 0.235 e. The first-order valence-corrected chi connectivity index (χ1v) is 8.14. The highest BCUT2D eigenvalue weighted by atomic mass is 19.1. The number of aryl methyl sites for hydroxylation is 1. The summed E-state index contributed by atoms with van der Waals surface area (Å²) in [5.74, 6) is 0.170. The average molecular weight is 328 g/mol. The van der Waals surface area contributed by atoms with Crippen LogP contribution in [-0.4, -0.2) is 18.0 Å². The van der Waals surface area contributed by atoms with Crippen LogP contribution in [0.4, 0.5) is 10.1 Å². The number of aromatic nitrogens is 1. The minimum atomic E-state index is -0.597. The Kier molecular flexibility index (Phi) is 4.51. The molecule has 4 nitrogen and oxygen atoms in total. The SMILES string of the molecule is COc1ccc(NC(=O)C2(c3ccc(F)cc3)CCCC2)c(C)n1. The number of nitrogens with one attached hydrogen (secondary N) is 1. The molecule has 0 aliphatic heterocycles. The van der Waals surface area contributed by atoms with Crippen LogP contribution in [-0.2, 0) is 10.2 Å². The second-order valence-corrected chi connectivity index (χ2v) is 6.24. The second kappa shape index (κ2) is 6.59. The Bertz CT molecular complexity index is 738. The number of rotatable bonds is 4. The fourth-order valence-corrected chi connectivity index (χ4v) is 3.42. The maximum atomic E-state index is 13.2. The van der Waals surface area contributed by atoms with Crippen LogP contribution in [0.3, 0.4) is 0 Å². The van der Waals surface area contributed by atoms with Crippen molar-refractivity contribution in [2.45, 2.75) is 38.0 Å². The number of halogens is 1. The molecular weight excluding hydrogens is 307 g/mol. The van der Waals surface area contributed by atoms with Crippen molar-refractivity contribution in [3.63, 3.8) is 0 Å². The van der Waals surface area contributed by atoms with Gasteiger partial charge in [0.1, 0.15) is 5.82 Å². The molecule has 24 heavy (non-hydrogen) atoms. The molecule has 0 bridgehead atoms. The molecule has 1 amide bonds. The van der Waals surface area contributed by atoms with Crippen molar-refractivity contribution in [2.24, 2.45) is 0 Å². The fourth-order valence-electron chi connectivity index (χ4n) is 3.42. The van der Waals surface area contributed by atoms with Crippen molar-refractivity contribution in [1.82, 2.24) is 4.98 Å². The Morgan fingerprint density at radius 3 is 2.42 bits per heavy atom. The Labute approximate surface area is 141 Å². The Morgan fingerprint density at radius 2 is 1.83 bits per heavy atom. The summed E-state index contributed by atoms with van der Waals surface area (Å²) in [6.07, 6.45) is 3.52. The quantitative estimate of drug-likeness (QED) is 0.923. The van der Waals surface area contributed by atoms with E-state index in [1.807, 2.05) is 6.92 Å². The summed E-state index contributed by atoms with van der Waals surface area (Å²) in [6, 6.07) is 9.80. The summed E-state index contributed by atoms with van der Waals surface area (Å²) in [7, 11) is 1.56. The molecule has 0 radical (unpaired) electrons. The van der Waals surface area contributed by atoms with Crippen molar-refractivity contribution in [2.75, 3.05) is 12.4 Å². The predicted octanol–water partition coefficient (Wildman–Crippen LogP) is 3.99. The number of carbonyl (C=O) groups excluding carboxylic acids is 1. The normalized spacial score (nSPS) is 16.0. The Morgan fingerprint density at radius 1 is 1.17 bits per heavy atom. The van der Waals surface area contributed by atoms with Gasteiger partial charge >= 0.3 is 0 Å². The second-order valence-electron chi connectivity index (χ2n) is 6.24. The lowest BCUT2D eigenvalue weighted by Gasteiger charge is -2.28. The molecular formula is C19H21FN2O2. The van der Waals surface area contributed by atoms with E-state index in [2.05, 4.69) is 10.3 Å². The first-order chi connectivity index (χ1) is 11.5. The third-order valence-electron chi connectivity index (χ3n) is 4.81. The minimum Gasteiger partial charge on any atom is -0.481 e. The standard InChI is InChI=1S/C19H21FN2O2/c1-13-16(9-10-17(21-13)24-2)22-18(23)19(11-3-4-12-19)14-5-7-15(20)8-6-14/h5-10H,3-4,11-12H2,1-2H3,(H,22,23). The van der Waals surface area contributed by atoms with Gasteiger partial charge in [-0.3, -0.25) is 4.79 Å². The summed E-state index contributed by atoms with van der Waals surface area (Å²) >= 11 is 0. The summed E-state index contributed by atoms with van der Waals surface area (Å²) in [6.45, 7) is 1.83. The van der Waals surface area contributed by atoms with Gasteiger partial charge in [-0.25, -0.2) is 9.37 Å². The van der Waals surface area contributed by atoms with Crippen LogP contribution in [0, 0.1) is 12.7 Å². The molecule has 1 fully saturated rings. The number of anilines is 1. The van der Waals surface area contributed by atoms with Crippen molar-refractivity contribution >= 4 is 11.6 Å². The molecule has 0 unspecified atom stereocenters. The number of methoxy groups -OCH3 is 1. The van der Waals surface area contributed by atoms with E-state index < -0.39 is 5.41 Å². The van der Waals surface area contributed by atoms with Gasteiger partial charge in [-0.1, -0.05) is 25.0 Å². The van der Waals surface area contributed by atoms with E-state index in [4.69, 9.17) is 4.74 Å². The van der Waals surface area contributed by atoms with E-state index in [-0.39, 0.29) is 11.7 Å². The number of ether oxygens (including phenoxy) is 1. The molecule has 1 aliphatic carbocycles. The Balaban J connectivity index is 1.89. The third kappa shape index (κ3) is 2.98. The topological polar surface area (TPSA) is 51.2 Å². The van der Waals surface area contributed by atoms with Crippen LogP contribution in [0.1, 0.15) is 36.9 Å². The van der Waals surface area contributed by atoms with Gasteiger partial charge in [-0.2, -0.15) is 0 Å². The number of hydrogen-bond donors (Lipinski definition) is 1. The van der Waals surface area contributed by atoms with Gasteiger partial charge in [0.25, 0.3) is 0 Å². The lowest BCUT2D eigenvalue weighted by molar-refractivity contribution is -0.121. The molecule has 5 heteroatoms. The maximum Gasteiger partial charge on any atom is 0.235 e. The van der Waals surface area contributed by atoms with Crippen LogP contribution < -0.4 is 10.1 Å². The molecule has 1 heterocycles. The summed E-state index contributed by atoms with van der Waals surface area (Å²) in [5.41, 5.74) is 1.65. The lowest BCUT2D eigenvalue weighted by Crippen LogP contribution is -2.38. The predicted molar refractivity (Wildman–Crippen MR) is 90.7 cm³/mol. The zero-order chi connectivity index (χ0) is 17.2. The monoisotopic (exact) mass is 328 g/mol. The molecule has 1 aromatic carbocycles. The van der Waals surface area contributed by atoms with Crippen LogP contribution in [0.25, 0.3) is 0 Å². The minimum absolute atomic E-state index is 0.0540. The molecule has 1 saturated carbocycles. The molecule has 1 aliphatic rings. The molecule has 1 aromatic heterocycles. The van der Waals surface area contributed by atoms with Crippen LogP contribution >= 0.6 is 0 Å². The summed E-state index contributed by atoms with van der Waals surface area (Å²) in [5, 5.41) is 3.01. The van der Waals surface area contributed by atoms with Crippen molar-refractivity contribution in [3.8, 4) is 5.88 Å². The molecule has 0 saturated heterocycles. The summed E-state index contributed by atoms with van der Waals surface area (Å²) < 4.78 is 18.3. The van der Waals surface area contributed by atoms with Crippen LogP contribution in [0.15, 0.2) is 36.4 Å². The molecule has 0 atom stereocenters. The number of carbonyl (C=O) groups is 1. The van der Waals surface area contributed by atoms with Gasteiger partial charge in [-0.05, 0) is 43.5 Å². The maximum absolute atomic E-state index is 13.2. The van der Waals surface area contributed by atoms with E-state index in [0.29, 0.717) is 17.3 Å². The fraction of sp³-hybridized carbons (Fsp3) is 0.368.